The summed E-state index contributed by atoms with van der Waals surface area (Å²) in [7, 11) is 0. The van der Waals surface area contributed by atoms with Crippen LogP contribution in [0.25, 0.3) is 10.8 Å². The van der Waals surface area contributed by atoms with Crippen molar-refractivity contribution in [3.8, 4) is 5.75 Å². The highest BCUT2D eigenvalue weighted by Gasteiger charge is 2.16. The van der Waals surface area contributed by atoms with E-state index in [1.54, 1.807) is 37.3 Å². The molecule has 0 aliphatic carbocycles. The number of benzene rings is 3. The molecule has 29 heavy (non-hydrogen) atoms. The van der Waals surface area contributed by atoms with Crippen LogP contribution in [-0.4, -0.2) is 23.8 Å². The predicted molar refractivity (Wildman–Crippen MR) is 111 cm³/mol. The Morgan fingerprint density at radius 3 is 2.28 bits per heavy atom. The minimum Gasteiger partial charge on any atom is -0.480 e. The zero-order valence-electron chi connectivity index (χ0n) is 16.1. The van der Waals surface area contributed by atoms with Crippen LogP contribution in [0.1, 0.15) is 24.2 Å². The first-order chi connectivity index (χ1) is 13.9. The van der Waals surface area contributed by atoms with Gasteiger partial charge < -0.3 is 10.1 Å². The van der Waals surface area contributed by atoms with E-state index in [2.05, 4.69) is 16.2 Å². The van der Waals surface area contributed by atoms with Crippen LogP contribution in [0.15, 0.2) is 66.7 Å². The number of ether oxygens (including phenoxy) is 1. The molecule has 7 nitrogen and oxygen atoms in total. The van der Waals surface area contributed by atoms with Crippen LogP contribution in [0.4, 0.5) is 10.5 Å². The summed E-state index contributed by atoms with van der Waals surface area (Å²) < 4.78 is 5.76. The number of hydrazine groups is 1. The molecule has 3 N–H and O–H groups in total. The lowest BCUT2D eigenvalue weighted by Gasteiger charge is -2.16. The van der Waals surface area contributed by atoms with E-state index in [1.165, 1.54) is 6.92 Å². The molecule has 0 radical (unpaired) electrons. The van der Waals surface area contributed by atoms with Crippen LogP contribution in [0.5, 0.6) is 5.75 Å². The number of rotatable bonds is 5. The zero-order valence-corrected chi connectivity index (χ0v) is 16.1. The average molecular weight is 391 g/mol. The number of anilines is 1. The van der Waals surface area contributed by atoms with E-state index in [0.29, 0.717) is 17.0 Å². The number of fused-ring (bicyclic) bond motifs is 1. The second kappa shape index (κ2) is 8.88. The maximum atomic E-state index is 12.2. The van der Waals surface area contributed by atoms with E-state index in [9.17, 15) is 14.4 Å². The zero-order chi connectivity index (χ0) is 20.8. The fraction of sp³-hybridized carbons (Fsp3) is 0.136. The summed E-state index contributed by atoms with van der Waals surface area (Å²) in [4.78, 5) is 35.5. The normalized spacial score (nSPS) is 11.4. The molecule has 0 aromatic heterocycles. The first kappa shape index (κ1) is 19.9. The van der Waals surface area contributed by atoms with Gasteiger partial charge in [0.1, 0.15) is 5.75 Å². The number of amides is 3. The molecule has 1 unspecified atom stereocenters. The van der Waals surface area contributed by atoms with Gasteiger partial charge in [0, 0.05) is 16.6 Å². The summed E-state index contributed by atoms with van der Waals surface area (Å²) in [6, 6.07) is 19.1. The van der Waals surface area contributed by atoms with Crippen molar-refractivity contribution in [2.45, 2.75) is 20.0 Å². The van der Waals surface area contributed by atoms with Gasteiger partial charge >= 0.3 is 6.03 Å². The summed E-state index contributed by atoms with van der Waals surface area (Å²) in [5, 5.41) is 4.46. The van der Waals surface area contributed by atoms with Gasteiger partial charge in [-0.1, -0.05) is 36.4 Å². The van der Waals surface area contributed by atoms with E-state index >= 15 is 0 Å². The SMILES string of the molecule is CC(=O)c1ccc(NC(=O)NNC(=O)C(C)Oc2cccc3ccccc23)cc1. The number of ketones is 1. The van der Waals surface area contributed by atoms with Gasteiger partial charge in [-0.15, -0.1) is 0 Å². The second-order valence-corrected chi connectivity index (χ2v) is 6.44. The first-order valence-electron chi connectivity index (χ1n) is 9.06. The molecule has 0 spiro atoms. The molecule has 0 saturated carbocycles. The molecule has 1 atom stereocenters. The van der Waals surface area contributed by atoms with Gasteiger partial charge in [-0.2, -0.15) is 0 Å². The Hall–Kier alpha value is -3.87. The van der Waals surface area contributed by atoms with Gasteiger partial charge in [0.15, 0.2) is 11.9 Å². The molecule has 7 heteroatoms. The van der Waals surface area contributed by atoms with Gasteiger partial charge in [0.25, 0.3) is 5.91 Å². The van der Waals surface area contributed by atoms with Crippen molar-refractivity contribution in [3.63, 3.8) is 0 Å². The Labute approximate surface area is 168 Å². The molecule has 3 aromatic rings. The number of carbonyl (C=O) groups is 3. The van der Waals surface area contributed by atoms with Gasteiger partial charge in [-0.25, -0.2) is 10.2 Å². The van der Waals surface area contributed by atoms with E-state index in [1.807, 2.05) is 36.4 Å². The molecule has 0 bridgehead atoms. The summed E-state index contributed by atoms with van der Waals surface area (Å²) in [5.74, 6) is 0.0224. The van der Waals surface area contributed by atoms with Gasteiger partial charge in [-0.3, -0.25) is 15.0 Å². The Morgan fingerprint density at radius 2 is 1.55 bits per heavy atom. The van der Waals surface area contributed by atoms with E-state index < -0.39 is 18.0 Å². The molecular weight excluding hydrogens is 370 g/mol. The fourth-order valence-electron chi connectivity index (χ4n) is 2.71. The lowest BCUT2D eigenvalue weighted by molar-refractivity contribution is -0.127. The lowest BCUT2D eigenvalue weighted by Crippen LogP contribution is -2.48. The number of carbonyl (C=O) groups excluding carboxylic acids is 3. The van der Waals surface area contributed by atoms with E-state index in [4.69, 9.17) is 4.74 Å². The molecule has 0 aliphatic heterocycles. The average Bonchev–Trinajstić information content (AvgIpc) is 2.72. The van der Waals surface area contributed by atoms with Crippen LogP contribution in [0.3, 0.4) is 0 Å². The number of urea groups is 1. The first-order valence-corrected chi connectivity index (χ1v) is 9.06. The summed E-state index contributed by atoms with van der Waals surface area (Å²) in [6.07, 6.45) is -0.823. The number of hydrogen-bond acceptors (Lipinski definition) is 4. The predicted octanol–water partition coefficient (Wildman–Crippen LogP) is 3.66. The van der Waals surface area contributed by atoms with E-state index in [0.717, 1.165) is 10.8 Å². The number of hydrogen-bond donors (Lipinski definition) is 3. The minimum absolute atomic E-state index is 0.0616. The highest BCUT2D eigenvalue weighted by atomic mass is 16.5. The van der Waals surface area contributed by atoms with Crippen molar-refractivity contribution in [2.75, 3.05) is 5.32 Å². The smallest absolute Gasteiger partial charge is 0.337 e. The molecule has 3 amide bonds. The molecule has 3 rings (SSSR count). The largest absolute Gasteiger partial charge is 0.480 e. The topological polar surface area (TPSA) is 96.5 Å². The van der Waals surface area contributed by atoms with Crippen LogP contribution in [-0.2, 0) is 4.79 Å². The number of nitrogens with one attached hydrogen (secondary N) is 3. The standard InChI is InChI=1S/C22H21N3O4/c1-14(26)16-10-12-18(13-11-16)23-22(28)25-24-21(27)15(2)29-20-9-5-7-17-6-3-4-8-19(17)20/h3-13,15H,1-2H3,(H,24,27)(H2,23,25,28). The van der Waals surface area contributed by atoms with Crippen molar-refractivity contribution in [1.82, 2.24) is 10.9 Å². The summed E-state index contributed by atoms with van der Waals surface area (Å²) in [6.45, 7) is 3.06. The monoisotopic (exact) mass is 391 g/mol. The molecule has 3 aromatic carbocycles. The third-order valence-electron chi connectivity index (χ3n) is 4.27. The van der Waals surface area contributed by atoms with Crippen molar-refractivity contribution < 1.29 is 19.1 Å². The van der Waals surface area contributed by atoms with Crippen LogP contribution < -0.4 is 20.9 Å². The third kappa shape index (κ3) is 5.10. The fourth-order valence-corrected chi connectivity index (χ4v) is 2.71. The van der Waals surface area contributed by atoms with Crippen molar-refractivity contribution in [1.29, 1.82) is 0 Å². The van der Waals surface area contributed by atoms with Gasteiger partial charge in [0.05, 0.1) is 0 Å². The maximum absolute atomic E-state index is 12.2. The molecule has 0 heterocycles. The van der Waals surface area contributed by atoms with Gasteiger partial charge in [-0.05, 0) is 49.6 Å². The van der Waals surface area contributed by atoms with E-state index in [-0.39, 0.29) is 5.78 Å². The molecular formula is C22H21N3O4. The third-order valence-corrected chi connectivity index (χ3v) is 4.27. The highest BCUT2D eigenvalue weighted by Crippen LogP contribution is 2.26. The van der Waals surface area contributed by atoms with Crippen LogP contribution in [0, 0.1) is 0 Å². The van der Waals surface area contributed by atoms with Crippen LogP contribution >= 0.6 is 0 Å². The maximum Gasteiger partial charge on any atom is 0.337 e. The summed E-state index contributed by atoms with van der Waals surface area (Å²) >= 11 is 0. The van der Waals surface area contributed by atoms with Crippen molar-refractivity contribution >= 4 is 34.2 Å². The van der Waals surface area contributed by atoms with Crippen LogP contribution in [0.2, 0.25) is 0 Å². The van der Waals surface area contributed by atoms with Gasteiger partial charge in [0.2, 0.25) is 0 Å². The molecule has 0 saturated heterocycles. The Balaban J connectivity index is 1.53. The summed E-state index contributed by atoms with van der Waals surface area (Å²) in [5.41, 5.74) is 5.63. The number of Topliss-reactive ketones (excluding diaryl/α,β-unsaturated/α-hetero) is 1. The lowest BCUT2D eigenvalue weighted by atomic mass is 10.1. The van der Waals surface area contributed by atoms with Crippen molar-refractivity contribution in [2.24, 2.45) is 0 Å². The Morgan fingerprint density at radius 1 is 0.862 bits per heavy atom. The Bertz CT molecular complexity index is 1040. The molecule has 148 valence electrons. The quantitative estimate of drug-likeness (QED) is 0.457. The minimum atomic E-state index is -0.823. The highest BCUT2D eigenvalue weighted by molar-refractivity contribution is 5.96. The van der Waals surface area contributed by atoms with Crippen molar-refractivity contribution in [3.05, 3.63) is 72.3 Å². The Kier molecular flexibility index (Phi) is 6.09. The second-order valence-electron chi connectivity index (χ2n) is 6.44. The molecule has 0 aliphatic rings. The molecule has 0 fully saturated rings.